The fourth-order valence-corrected chi connectivity index (χ4v) is 8.36. The van der Waals surface area contributed by atoms with E-state index in [1.165, 1.54) is 6.33 Å². The lowest BCUT2D eigenvalue weighted by Crippen LogP contribution is -2.24. The number of amides is 1. The third kappa shape index (κ3) is 7.02. The second-order valence-electron chi connectivity index (χ2n) is 6.83. The number of hydrogen-bond acceptors (Lipinski definition) is 10. The molecular weight excluding hydrogens is 501 g/mol. The predicted molar refractivity (Wildman–Crippen MR) is 119 cm³/mol. The zero-order chi connectivity index (χ0) is 24.2. The van der Waals surface area contributed by atoms with Crippen molar-refractivity contribution in [2.45, 2.75) is 25.2 Å². The third-order valence-electron chi connectivity index (χ3n) is 4.42. The number of imidazole rings is 1. The van der Waals surface area contributed by atoms with Gasteiger partial charge in [0.2, 0.25) is 11.9 Å². The molecule has 33 heavy (non-hydrogen) atoms. The molecular formula is C15H23N6O9P3. The summed E-state index contributed by atoms with van der Waals surface area (Å²) in [6.07, 6.45) is 2.57. The normalized spacial score (nSPS) is 22.4. The first-order valence-corrected chi connectivity index (χ1v) is 14.7. The van der Waals surface area contributed by atoms with Crippen molar-refractivity contribution in [3.05, 3.63) is 29.3 Å². The molecule has 3 rings (SSSR count). The molecule has 1 amide bonds. The highest BCUT2D eigenvalue weighted by Crippen LogP contribution is 2.70. The minimum atomic E-state index is -4.82. The molecule has 2 aromatic heterocycles. The van der Waals surface area contributed by atoms with Gasteiger partial charge in [0.1, 0.15) is 6.23 Å². The number of aromatic amines is 1. The molecule has 5 atom stereocenters. The Kier molecular flexibility index (Phi) is 8.20. The van der Waals surface area contributed by atoms with E-state index in [1.807, 2.05) is 0 Å². The Balaban J connectivity index is 1.50. The molecule has 3 heterocycles. The molecule has 1 aliphatic heterocycles. The summed E-state index contributed by atoms with van der Waals surface area (Å²) in [6.45, 7) is 2.71. The fourth-order valence-electron chi connectivity index (χ4n) is 3.01. The first-order valence-electron chi connectivity index (χ1n) is 9.54. The number of hydrogen-bond donors (Lipinski definition) is 5. The van der Waals surface area contributed by atoms with Crippen LogP contribution in [-0.2, 0) is 27.5 Å². The van der Waals surface area contributed by atoms with Gasteiger partial charge in [-0.3, -0.25) is 28.2 Å². The first-order chi connectivity index (χ1) is 15.5. The van der Waals surface area contributed by atoms with E-state index in [2.05, 4.69) is 35.7 Å². The number of nitrogens with zero attached hydrogens (tertiary/aromatic N) is 3. The molecule has 0 bridgehead atoms. The Morgan fingerprint density at radius 3 is 2.97 bits per heavy atom. The monoisotopic (exact) mass is 524 g/mol. The molecule has 1 saturated heterocycles. The molecule has 0 aliphatic carbocycles. The van der Waals surface area contributed by atoms with Crippen molar-refractivity contribution in [1.82, 2.24) is 24.8 Å². The van der Waals surface area contributed by atoms with Crippen molar-refractivity contribution >= 4 is 46.4 Å². The highest BCUT2D eigenvalue weighted by Gasteiger charge is 2.36. The van der Waals surface area contributed by atoms with Gasteiger partial charge in [-0.2, -0.15) is 4.98 Å². The number of fused-ring (bicyclic) bond motifs is 1. The minimum Gasteiger partial charge on any atom is -0.369 e. The second-order valence-corrected chi connectivity index (χ2v) is 13.1. The number of ether oxygens (including phenoxy) is 1. The summed E-state index contributed by atoms with van der Waals surface area (Å²) in [5.41, 5.74) is 5.46. The lowest BCUT2D eigenvalue weighted by Gasteiger charge is -2.18. The van der Waals surface area contributed by atoms with Gasteiger partial charge in [0.05, 0.1) is 19.0 Å². The molecule has 15 nitrogen and oxygen atoms in total. The summed E-state index contributed by atoms with van der Waals surface area (Å²) < 4.78 is 40.6. The molecule has 182 valence electrons. The van der Waals surface area contributed by atoms with Gasteiger partial charge in [-0.25, -0.2) is 13.9 Å². The van der Waals surface area contributed by atoms with Crippen LogP contribution in [0.5, 0.6) is 0 Å². The summed E-state index contributed by atoms with van der Waals surface area (Å²) in [5, 5.41) is 2.31. The van der Waals surface area contributed by atoms with Gasteiger partial charge in [0, 0.05) is 21.0 Å². The van der Waals surface area contributed by atoms with E-state index in [1.54, 1.807) is 4.57 Å². The molecule has 2 aromatic rings. The van der Waals surface area contributed by atoms with Crippen molar-refractivity contribution in [2.75, 3.05) is 25.0 Å². The van der Waals surface area contributed by atoms with E-state index < -0.39 is 53.8 Å². The highest BCUT2D eigenvalue weighted by atomic mass is 32.1. The molecule has 0 aromatic carbocycles. The van der Waals surface area contributed by atoms with Crippen LogP contribution in [0.2, 0.25) is 0 Å². The number of carbonyl (C=O) groups excluding carboxylic acids is 1. The number of nitrogen functional groups attached to an aromatic ring is 1. The number of phosphoric ester groups is 1. The van der Waals surface area contributed by atoms with Crippen LogP contribution >= 0.6 is 23.4 Å². The number of nitrogens with one attached hydrogen (secondary N) is 2. The first kappa shape index (κ1) is 25.7. The van der Waals surface area contributed by atoms with E-state index in [9.17, 15) is 28.5 Å². The molecule has 1 fully saturated rings. The van der Waals surface area contributed by atoms with Crippen LogP contribution in [0.3, 0.4) is 0 Å². The molecule has 1 aliphatic rings. The Labute approximate surface area is 188 Å². The molecule has 18 heteroatoms. The van der Waals surface area contributed by atoms with Crippen molar-refractivity contribution in [3.8, 4) is 0 Å². The number of anilines is 1. The topological polar surface area (TPSA) is 221 Å². The zero-order valence-corrected chi connectivity index (χ0v) is 19.9. The van der Waals surface area contributed by atoms with E-state index in [0.717, 1.165) is 6.08 Å². The van der Waals surface area contributed by atoms with Crippen LogP contribution in [-0.4, -0.2) is 60.6 Å². The predicted octanol–water partition coefficient (Wildman–Crippen LogP) is 0.594. The fraction of sp³-hybridized carbons (Fsp3) is 0.467. The Morgan fingerprint density at radius 1 is 1.48 bits per heavy atom. The second kappa shape index (κ2) is 10.5. The smallest absolute Gasteiger partial charge is 0.369 e. The van der Waals surface area contributed by atoms with Gasteiger partial charge in [-0.15, -0.1) is 0 Å². The van der Waals surface area contributed by atoms with Gasteiger partial charge in [-0.05, 0) is 18.9 Å². The maximum absolute atomic E-state index is 12.3. The van der Waals surface area contributed by atoms with Gasteiger partial charge >= 0.3 is 15.1 Å². The number of nitrogens with two attached hydrogens (primary N) is 1. The van der Waals surface area contributed by atoms with Crippen molar-refractivity contribution < 1.29 is 37.3 Å². The molecule has 0 spiro atoms. The summed E-state index contributed by atoms with van der Waals surface area (Å²) in [4.78, 5) is 53.0. The number of phosphoric acid groups is 1. The minimum absolute atomic E-state index is 0.0672. The lowest BCUT2D eigenvalue weighted by atomic mass is 10.2. The van der Waals surface area contributed by atoms with Crippen LogP contribution in [0, 0.1) is 0 Å². The Bertz CT molecular complexity index is 1180. The summed E-state index contributed by atoms with van der Waals surface area (Å²) in [6, 6.07) is 0. The number of rotatable bonds is 11. The molecule has 0 saturated carbocycles. The van der Waals surface area contributed by atoms with Gasteiger partial charge in [0.25, 0.3) is 5.56 Å². The van der Waals surface area contributed by atoms with Gasteiger partial charge < -0.3 is 25.6 Å². The number of H-pyrrole nitrogens is 1. The quantitative estimate of drug-likeness (QED) is 0.155. The van der Waals surface area contributed by atoms with Crippen molar-refractivity contribution in [1.29, 1.82) is 0 Å². The zero-order valence-electron chi connectivity index (χ0n) is 17.1. The lowest BCUT2D eigenvalue weighted by molar-refractivity contribution is -0.116. The van der Waals surface area contributed by atoms with E-state index in [-0.39, 0.29) is 29.8 Å². The maximum Gasteiger partial charge on any atom is 0.479 e. The largest absolute Gasteiger partial charge is 0.479 e. The van der Waals surface area contributed by atoms with Crippen LogP contribution in [0.1, 0.15) is 19.1 Å². The van der Waals surface area contributed by atoms with Gasteiger partial charge in [0.15, 0.2) is 11.2 Å². The standard InChI is InChI=1S/C15H23N6O9P3/c1-2-10(22)17-5-6-28-32(24,25)30-33(26,27)31-7-9-3-4-11(29-9)21-8-18-12-13(21)19-15(16)20-14(12)23/h2,8-9,11,31H,1,3-7H2,(H,17,22)(H,24,25)(H,26,27)(H3,16,19,20,23)/t9-,11+/m0/s1. The van der Waals surface area contributed by atoms with Crippen molar-refractivity contribution in [3.63, 3.8) is 0 Å². The molecule has 3 unspecified atom stereocenters. The number of carbonyl (C=O) groups is 1. The van der Waals surface area contributed by atoms with Crippen molar-refractivity contribution in [2.24, 2.45) is 0 Å². The van der Waals surface area contributed by atoms with Crippen LogP contribution in [0.15, 0.2) is 23.8 Å². The average molecular weight is 524 g/mol. The highest BCUT2D eigenvalue weighted by molar-refractivity contribution is 8.20. The SMILES string of the molecule is C=CC(=O)NCCOP(=O)(O)OP(=O)(O)PC[C@@H]1CC[C@H](n2cnc3c(=O)[nH]c(N)nc32)O1. The van der Waals surface area contributed by atoms with Crippen LogP contribution in [0.25, 0.3) is 11.2 Å². The average Bonchev–Trinajstić information content (AvgIpc) is 3.35. The van der Waals surface area contributed by atoms with Gasteiger partial charge in [-0.1, -0.05) is 6.58 Å². The summed E-state index contributed by atoms with van der Waals surface area (Å²) in [7, 11) is -10.0. The van der Waals surface area contributed by atoms with E-state index in [4.69, 9.17) is 10.5 Å². The van der Waals surface area contributed by atoms with Crippen LogP contribution in [0.4, 0.5) is 5.95 Å². The molecule has 0 radical (unpaired) electrons. The molecule has 6 N–H and O–H groups in total. The third-order valence-corrected chi connectivity index (χ3v) is 10.2. The van der Waals surface area contributed by atoms with E-state index >= 15 is 0 Å². The summed E-state index contributed by atoms with van der Waals surface area (Å²) in [5.74, 6) is -0.575. The maximum atomic E-state index is 12.3. The Hall–Kier alpha value is -1.95. The van der Waals surface area contributed by atoms with E-state index in [0.29, 0.717) is 12.8 Å². The number of aromatic nitrogens is 4. The van der Waals surface area contributed by atoms with Crippen LogP contribution < -0.4 is 16.6 Å². The summed E-state index contributed by atoms with van der Waals surface area (Å²) >= 11 is 0. The Morgan fingerprint density at radius 2 is 2.24 bits per heavy atom.